The van der Waals surface area contributed by atoms with E-state index in [1.165, 1.54) is 5.56 Å². The molecular weight excluding hydrogens is 170 g/mol. The quantitative estimate of drug-likeness (QED) is 0.679. The first kappa shape index (κ1) is 12.6. The minimum absolute atomic E-state index is 0.605. The zero-order chi connectivity index (χ0) is 11.1. The molecule has 76 valence electrons. The first-order valence-corrected chi connectivity index (χ1v) is 4.93. The van der Waals surface area contributed by atoms with Crippen LogP contribution in [0.4, 0.5) is 0 Å². The summed E-state index contributed by atoms with van der Waals surface area (Å²) in [5, 5.41) is 7.43. The molecule has 0 amide bonds. The van der Waals surface area contributed by atoms with E-state index in [9.17, 15) is 0 Å². The lowest BCUT2D eigenvalue weighted by atomic mass is 10.0. The lowest BCUT2D eigenvalue weighted by Gasteiger charge is -2.03. The normalized spacial score (nSPS) is 8.57. The maximum absolute atomic E-state index is 7.43. The van der Waals surface area contributed by atoms with Crippen molar-refractivity contribution in [2.75, 3.05) is 0 Å². The first-order chi connectivity index (χ1) is 6.65. The molecule has 0 heterocycles. The van der Waals surface area contributed by atoms with E-state index in [1.807, 2.05) is 45.0 Å². The van der Waals surface area contributed by atoms with Crippen molar-refractivity contribution in [2.24, 2.45) is 0 Å². The van der Waals surface area contributed by atoms with Gasteiger partial charge in [0.2, 0.25) is 0 Å². The molecular formula is C13H19N. The molecule has 0 aliphatic carbocycles. The highest BCUT2D eigenvalue weighted by atomic mass is 14.4. The Morgan fingerprint density at radius 3 is 2.29 bits per heavy atom. The molecule has 0 aliphatic heterocycles. The maximum Gasteiger partial charge on any atom is 0.0355 e. The highest BCUT2D eigenvalue weighted by Gasteiger charge is 1.97. The van der Waals surface area contributed by atoms with Crippen LogP contribution in [0.25, 0.3) is 6.08 Å². The number of hydrogen-bond donors (Lipinski definition) is 1. The summed E-state index contributed by atoms with van der Waals surface area (Å²) in [5.74, 6) is 0. The van der Waals surface area contributed by atoms with Gasteiger partial charge in [-0.2, -0.15) is 0 Å². The molecule has 0 fully saturated rings. The van der Waals surface area contributed by atoms with Crippen molar-refractivity contribution in [1.29, 1.82) is 5.41 Å². The number of benzene rings is 1. The first-order valence-electron chi connectivity index (χ1n) is 4.93. The second kappa shape index (κ2) is 6.14. The van der Waals surface area contributed by atoms with Gasteiger partial charge in [0.1, 0.15) is 0 Å². The molecule has 0 saturated carbocycles. The Labute approximate surface area is 87.0 Å². The summed E-state index contributed by atoms with van der Waals surface area (Å²) < 4.78 is 0. The summed E-state index contributed by atoms with van der Waals surface area (Å²) in [6.07, 6.45) is 1.83. The summed E-state index contributed by atoms with van der Waals surface area (Å²) in [5.41, 5.74) is 3.90. The molecule has 1 heteroatoms. The fraction of sp³-hybridized carbons (Fsp3) is 0.308. The van der Waals surface area contributed by atoms with Gasteiger partial charge < -0.3 is 5.41 Å². The smallest absolute Gasteiger partial charge is 0.0355 e. The number of nitrogens with one attached hydrogen (secondary N) is 1. The second-order valence-corrected chi connectivity index (χ2v) is 2.90. The van der Waals surface area contributed by atoms with Gasteiger partial charge in [-0.3, -0.25) is 0 Å². The monoisotopic (exact) mass is 189 g/mol. The van der Waals surface area contributed by atoms with Crippen LogP contribution in [-0.2, 0) is 0 Å². The molecule has 0 spiro atoms. The fourth-order valence-corrected chi connectivity index (χ4v) is 1.14. The second-order valence-electron chi connectivity index (χ2n) is 2.90. The zero-order valence-electron chi connectivity index (χ0n) is 9.52. The Kier molecular flexibility index (Phi) is 5.54. The molecule has 1 aromatic carbocycles. The van der Waals surface area contributed by atoms with Gasteiger partial charge in [0.05, 0.1) is 0 Å². The third-order valence-corrected chi connectivity index (χ3v) is 1.92. The van der Waals surface area contributed by atoms with E-state index in [4.69, 9.17) is 5.41 Å². The molecule has 1 aromatic rings. The molecule has 0 unspecified atom stereocenters. The Hall–Kier alpha value is -1.37. The fourth-order valence-electron chi connectivity index (χ4n) is 1.14. The highest BCUT2D eigenvalue weighted by Crippen LogP contribution is 2.12. The molecule has 1 N–H and O–H groups in total. The highest BCUT2D eigenvalue weighted by molar-refractivity contribution is 5.96. The molecule has 0 radical (unpaired) electrons. The maximum atomic E-state index is 7.43. The van der Waals surface area contributed by atoms with Crippen LogP contribution in [0.15, 0.2) is 24.8 Å². The summed E-state index contributed by atoms with van der Waals surface area (Å²) in [6, 6.07) is 5.96. The van der Waals surface area contributed by atoms with Gasteiger partial charge in [0.15, 0.2) is 0 Å². The predicted molar refractivity (Wildman–Crippen MR) is 65.1 cm³/mol. The lowest BCUT2D eigenvalue weighted by molar-refractivity contribution is 1.39. The van der Waals surface area contributed by atoms with Crippen LogP contribution in [0.1, 0.15) is 37.5 Å². The van der Waals surface area contributed by atoms with Gasteiger partial charge in [0.25, 0.3) is 0 Å². The largest absolute Gasteiger partial charge is 0.305 e. The average Bonchev–Trinajstić information content (AvgIpc) is 2.20. The number of aryl methyl sites for hydroxylation is 1. The van der Waals surface area contributed by atoms with Crippen LogP contribution < -0.4 is 0 Å². The molecule has 1 nitrogen and oxygen atoms in total. The SMILES string of the molecule is C=Cc1ccc(C(C)=N)cc1C.CC. The van der Waals surface area contributed by atoms with E-state index < -0.39 is 0 Å². The Bertz CT molecular complexity index is 324. The molecule has 1 rings (SSSR count). The Morgan fingerprint density at radius 1 is 1.36 bits per heavy atom. The van der Waals surface area contributed by atoms with Gasteiger partial charge in [-0.05, 0) is 36.6 Å². The molecule has 0 aliphatic rings. The summed E-state index contributed by atoms with van der Waals surface area (Å²) in [7, 11) is 0. The van der Waals surface area contributed by atoms with E-state index in [0.29, 0.717) is 5.71 Å². The van der Waals surface area contributed by atoms with Gasteiger partial charge in [-0.25, -0.2) is 0 Å². The van der Waals surface area contributed by atoms with Crippen LogP contribution in [-0.4, -0.2) is 5.71 Å². The number of rotatable bonds is 2. The average molecular weight is 189 g/mol. The van der Waals surface area contributed by atoms with Gasteiger partial charge in [0, 0.05) is 5.71 Å². The van der Waals surface area contributed by atoms with E-state index >= 15 is 0 Å². The van der Waals surface area contributed by atoms with Crippen LogP contribution in [0, 0.1) is 12.3 Å². The van der Waals surface area contributed by atoms with Crippen LogP contribution in [0.3, 0.4) is 0 Å². The molecule has 0 aromatic heterocycles. The van der Waals surface area contributed by atoms with Crippen molar-refractivity contribution >= 4 is 11.8 Å². The standard InChI is InChI=1S/C11H13N.C2H6/c1-4-10-5-6-11(9(3)12)7-8(10)2;1-2/h4-7,12H,1H2,2-3H3;1-2H3. The van der Waals surface area contributed by atoms with Crippen LogP contribution in [0.2, 0.25) is 0 Å². The van der Waals surface area contributed by atoms with Crippen LogP contribution in [0.5, 0.6) is 0 Å². The Balaban J connectivity index is 0.000000791. The van der Waals surface area contributed by atoms with Crippen molar-refractivity contribution < 1.29 is 0 Å². The molecule has 0 atom stereocenters. The predicted octanol–water partition coefficient (Wildman–Crippen LogP) is 4.05. The van der Waals surface area contributed by atoms with E-state index in [0.717, 1.165) is 11.1 Å². The van der Waals surface area contributed by atoms with Crippen molar-refractivity contribution in [3.05, 3.63) is 41.5 Å². The topological polar surface area (TPSA) is 23.9 Å². The summed E-state index contributed by atoms with van der Waals surface area (Å²) >= 11 is 0. The van der Waals surface area contributed by atoms with Crippen molar-refractivity contribution in [2.45, 2.75) is 27.7 Å². The van der Waals surface area contributed by atoms with Crippen molar-refractivity contribution in [1.82, 2.24) is 0 Å². The number of hydrogen-bond acceptors (Lipinski definition) is 1. The molecule has 0 bridgehead atoms. The molecule has 0 saturated heterocycles. The van der Waals surface area contributed by atoms with Gasteiger partial charge in [-0.15, -0.1) is 0 Å². The van der Waals surface area contributed by atoms with E-state index in [1.54, 1.807) is 6.92 Å². The zero-order valence-corrected chi connectivity index (χ0v) is 9.52. The van der Waals surface area contributed by atoms with Gasteiger partial charge >= 0.3 is 0 Å². The van der Waals surface area contributed by atoms with Crippen molar-refractivity contribution in [3.63, 3.8) is 0 Å². The molecule has 14 heavy (non-hydrogen) atoms. The van der Waals surface area contributed by atoms with E-state index in [-0.39, 0.29) is 0 Å². The third kappa shape index (κ3) is 3.17. The van der Waals surface area contributed by atoms with Gasteiger partial charge in [-0.1, -0.05) is 38.6 Å². The minimum atomic E-state index is 0.605. The van der Waals surface area contributed by atoms with Crippen LogP contribution >= 0.6 is 0 Å². The minimum Gasteiger partial charge on any atom is -0.305 e. The van der Waals surface area contributed by atoms with E-state index in [2.05, 4.69) is 6.58 Å². The van der Waals surface area contributed by atoms with Crippen molar-refractivity contribution in [3.8, 4) is 0 Å². The summed E-state index contributed by atoms with van der Waals surface area (Å²) in [6.45, 7) is 11.5. The summed E-state index contributed by atoms with van der Waals surface area (Å²) in [4.78, 5) is 0. The Morgan fingerprint density at radius 2 is 1.93 bits per heavy atom. The third-order valence-electron chi connectivity index (χ3n) is 1.92. The lowest BCUT2D eigenvalue weighted by Crippen LogP contribution is -1.93.